The molecule has 0 radical (unpaired) electrons. The fraction of sp³-hybridized carbons (Fsp3) is 0.256. The Morgan fingerprint density at radius 1 is 0.559 bits per heavy atom. The van der Waals surface area contributed by atoms with Gasteiger partial charge in [-0.05, 0) is 209 Å². The molecule has 2 unspecified atom stereocenters. The smallest absolute Gasteiger partial charge is 0.339 e. The van der Waals surface area contributed by atoms with Gasteiger partial charge in [0.05, 0.1) is 11.1 Å². The van der Waals surface area contributed by atoms with Crippen molar-refractivity contribution in [3.05, 3.63) is 141 Å². The molecule has 2 atom stereocenters. The van der Waals surface area contributed by atoms with E-state index >= 15 is 0 Å². The Balaban J connectivity index is 1.41. The van der Waals surface area contributed by atoms with Crippen molar-refractivity contribution in [2.45, 2.75) is 45.3 Å². The number of hydrogen-bond donors (Lipinski definition) is 0. The second kappa shape index (κ2) is 23.1. The second-order valence-electron chi connectivity index (χ2n) is 13.6. The largest absolute Gasteiger partial charge is 0.490 e. The normalized spacial score (nSPS) is 12.1. The van der Waals surface area contributed by atoms with Gasteiger partial charge in [0.25, 0.3) is 0 Å². The average Bonchev–Trinajstić information content (AvgIpc) is 3.19. The predicted molar refractivity (Wildman–Crippen MR) is 275 cm³/mol. The predicted octanol–water partition coefficient (Wildman–Crippen LogP) is 11.1. The zero-order chi connectivity index (χ0) is 43.6. The highest BCUT2D eigenvalue weighted by atomic mass is 127. The number of esters is 4. The standard InChI is InChI=1S/C43H38I6O10/c1-23(2)39(50)56-21-31(58-41(52)33-15-27(44)17-35(46)37(33)48)19-54-29-11-7-25(8-12-29)43(5,6)26-9-13-30(14-10-26)55-20-32(22-57-40(51)24(3)4)59-42(53)34-16-28(45)18-36(47)38(34)49/h7-18,31-32H,1,3,19-22H2,2,4-6H3. The van der Waals surface area contributed by atoms with Crippen LogP contribution in [0.2, 0.25) is 0 Å². The van der Waals surface area contributed by atoms with Crippen molar-refractivity contribution < 1.29 is 47.6 Å². The van der Waals surface area contributed by atoms with Crippen molar-refractivity contribution in [3.63, 3.8) is 0 Å². The molecule has 0 heterocycles. The quantitative estimate of drug-likeness (QED) is 0.0313. The topological polar surface area (TPSA) is 124 Å². The number of benzene rings is 4. The van der Waals surface area contributed by atoms with Crippen LogP contribution >= 0.6 is 136 Å². The summed E-state index contributed by atoms with van der Waals surface area (Å²) >= 11 is 12.9. The SMILES string of the molecule is C=C(C)C(=O)OCC(COc1ccc(C(C)(C)c2ccc(OCC(COC(=O)C(=C)C)OC(=O)c3cc(I)cc(I)c3I)cc2)cc1)OC(=O)c1cc(I)cc(I)c1I. The molecule has 10 nitrogen and oxygen atoms in total. The van der Waals surface area contributed by atoms with Crippen LogP contribution in [0.15, 0.2) is 97.1 Å². The van der Waals surface area contributed by atoms with E-state index in [4.69, 9.17) is 28.4 Å². The Bertz CT molecular complexity index is 2070. The van der Waals surface area contributed by atoms with E-state index in [0.717, 1.165) is 32.5 Å². The molecule has 4 rings (SSSR count). The van der Waals surface area contributed by atoms with Gasteiger partial charge in [-0.3, -0.25) is 0 Å². The van der Waals surface area contributed by atoms with Crippen LogP contribution in [0.5, 0.6) is 11.5 Å². The molecule has 0 N–H and O–H groups in total. The van der Waals surface area contributed by atoms with Gasteiger partial charge < -0.3 is 28.4 Å². The van der Waals surface area contributed by atoms with Crippen molar-refractivity contribution in [1.82, 2.24) is 0 Å². The van der Waals surface area contributed by atoms with Gasteiger partial charge in [0.1, 0.15) is 37.9 Å². The fourth-order valence-electron chi connectivity index (χ4n) is 5.14. The maximum Gasteiger partial charge on any atom is 0.339 e. The van der Waals surface area contributed by atoms with E-state index in [2.05, 4.69) is 163 Å². The molecule has 312 valence electrons. The molecule has 0 bridgehead atoms. The number of carbonyl (C=O) groups is 4. The Morgan fingerprint density at radius 3 is 1.22 bits per heavy atom. The first-order chi connectivity index (χ1) is 27.8. The zero-order valence-electron chi connectivity index (χ0n) is 32.2. The molecular formula is C43H38I6O10. The Labute approximate surface area is 425 Å². The molecule has 0 amide bonds. The third-order valence-corrected chi connectivity index (χ3v) is 15.8. The van der Waals surface area contributed by atoms with Gasteiger partial charge in [0.2, 0.25) is 0 Å². The highest BCUT2D eigenvalue weighted by molar-refractivity contribution is 14.1. The van der Waals surface area contributed by atoms with Crippen LogP contribution in [0.25, 0.3) is 0 Å². The molecule has 59 heavy (non-hydrogen) atoms. The molecule has 0 aromatic heterocycles. The number of carbonyl (C=O) groups excluding carboxylic acids is 4. The Kier molecular flexibility index (Phi) is 19.5. The molecule has 0 saturated heterocycles. The summed E-state index contributed by atoms with van der Waals surface area (Å²) in [5, 5.41) is 0. The van der Waals surface area contributed by atoms with Crippen molar-refractivity contribution in [2.24, 2.45) is 0 Å². The Morgan fingerprint density at radius 2 is 0.898 bits per heavy atom. The molecule has 0 spiro atoms. The summed E-state index contributed by atoms with van der Waals surface area (Å²) in [7, 11) is 0. The van der Waals surface area contributed by atoms with Crippen LogP contribution in [0.3, 0.4) is 0 Å². The maximum absolute atomic E-state index is 13.2. The third-order valence-electron chi connectivity index (χ3n) is 8.49. The van der Waals surface area contributed by atoms with E-state index in [1.54, 1.807) is 26.0 Å². The van der Waals surface area contributed by atoms with Gasteiger partial charge in [0.15, 0.2) is 12.2 Å². The second-order valence-corrected chi connectivity index (χ2v) is 20.6. The van der Waals surface area contributed by atoms with Crippen LogP contribution in [0.4, 0.5) is 0 Å². The van der Waals surface area contributed by atoms with Gasteiger partial charge in [-0.15, -0.1) is 0 Å². The summed E-state index contributed by atoms with van der Waals surface area (Å²) in [5.41, 5.74) is 2.87. The minimum Gasteiger partial charge on any atom is -0.490 e. The molecule has 4 aromatic rings. The van der Waals surface area contributed by atoms with E-state index in [1.807, 2.05) is 60.7 Å². The van der Waals surface area contributed by atoms with Crippen LogP contribution < -0.4 is 9.47 Å². The summed E-state index contributed by atoms with van der Waals surface area (Å²) in [6.07, 6.45) is -1.77. The van der Waals surface area contributed by atoms with Gasteiger partial charge in [-0.1, -0.05) is 51.3 Å². The summed E-state index contributed by atoms with van der Waals surface area (Å²) in [6.45, 7) is 14.0. The zero-order valence-corrected chi connectivity index (χ0v) is 45.1. The number of ether oxygens (including phenoxy) is 6. The van der Waals surface area contributed by atoms with Crippen LogP contribution in [0.1, 0.15) is 59.5 Å². The third kappa shape index (κ3) is 14.6. The van der Waals surface area contributed by atoms with Gasteiger partial charge in [0, 0.05) is 38.0 Å². The first-order valence-corrected chi connectivity index (χ1v) is 24.1. The highest BCUT2D eigenvalue weighted by Gasteiger charge is 2.26. The lowest BCUT2D eigenvalue weighted by molar-refractivity contribution is -0.143. The molecule has 4 aromatic carbocycles. The number of halogens is 6. The number of rotatable bonds is 18. The summed E-state index contributed by atoms with van der Waals surface area (Å²) in [5.74, 6) is -1.21. The first-order valence-electron chi connectivity index (χ1n) is 17.6. The van der Waals surface area contributed by atoms with E-state index in [-0.39, 0.29) is 37.6 Å². The fourth-order valence-corrected chi connectivity index (χ4v) is 9.89. The minimum atomic E-state index is -0.886. The van der Waals surface area contributed by atoms with Crippen LogP contribution in [-0.2, 0) is 34.0 Å². The average molecular weight is 1480 g/mol. The van der Waals surface area contributed by atoms with E-state index in [9.17, 15) is 19.2 Å². The molecule has 0 aliphatic heterocycles. The van der Waals surface area contributed by atoms with Crippen molar-refractivity contribution in [1.29, 1.82) is 0 Å². The maximum atomic E-state index is 13.2. The number of hydrogen-bond acceptors (Lipinski definition) is 10. The molecule has 0 aliphatic rings. The van der Waals surface area contributed by atoms with Gasteiger partial charge >= 0.3 is 23.9 Å². The first kappa shape index (κ1) is 49.9. The van der Waals surface area contributed by atoms with E-state index in [0.29, 0.717) is 22.6 Å². The van der Waals surface area contributed by atoms with Crippen LogP contribution in [0, 0.1) is 21.4 Å². The van der Waals surface area contributed by atoms with Crippen molar-refractivity contribution in [2.75, 3.05) is 26.4 Å². The minimum absolute atomic E-state index is 0.0578. The van der Waals surface area contributed by atoms with E-state index < -0.39 is 41.5 Å². The summed E-state index contributed by atoms with van der Waals surface area (Å²) < 4.78 is 39.5. The lowest BCUT2D eigenvalue weighted by Crippen LogP contribution is -2.31. The lowest BCUT2D eigenvalue weighted by Gasteiger charge is -2.27. The molecule has 0 saturated carbocycles. The molecule has 16 heteroatoms. The van der Waals surface area contributed by atoms with Crippen LogP contribution in [-0.4, -0.2) is 62.5 Å². The molecular weight excluding hydrogens is 1440 g/mol. The molecule has 0 fully saturated rings. The summed E-state index contributed by atoms with van der Waals surface area (Å²) in [6, 6.07) is 22.6. The van der Waals surface area contributed by atoms with Gasteiger partial charge in [-0.25, -0.2) is 19.2 Å². The summed E-state index contributed by atoms with van der Waals surface area (Å²) in [4.78, 5) is 50.8. The van der Waals surface area contributed by atoms with Gasteiger partial charge in [-0.2, -0.15) is 0 Å². The van der Waals surface area contributed by atoms with Crippen molar-refractivity contribution in [3.8, 4) is 11.5 Å². The lowest BCUT2D eigenvalue weighted by atomic mass is 9.78. The van der Waals surface area contributed by atoms with Crippen molar-refractivity contribution >= 4 is 159 Å². The monoisotopic (exact) mass is 1480 g/mol. The Hall–Kier alpha value is -1.78. The molecule has 0 aliphatic carbocycles. The van der Waals surface area contributed by atoms with E-state index in [1.165, 1.54) is 0 Å². The highest BCUT2D eigenvalue weighted by Crippen LogP contribution is 2.34.